The fraction of sp³-hybridized carbons (Fsp3) is 0.200. The number of H-pyrrole nitrogens is 1. The molecule has 0 aliphatic rings. The Bertz CT molecular complexity index is 984. The predicted molar refractivity (Wildman–Crippen MR) is 98.5 cm³/mol. The molecule has 0 aliphatic carbocycles. The van der Waals surface area contributed by atoms with E-state index in [9.17, 15) is 15.0 Å². The number of aliphatic carboxylic acids is 1. The molecule has 3 aromatic rings. The SMILES string of the molecule is Cc1cc(O)c(C(C)C)cc1C(=Cc1c[nH]c2ncccc12)C(=O)O. The van der Waals surface area contributed by atoms with Crippen LogP contribution in [0.4, 0.5) is 0 Å². The lowest BCUT2D eigenvalue weighted by Gasteiger charge is -2.14. The predicted octanol–water partition coefficient (Wildman–Crippen LogP) is 4.33. The van der Waals surface area contributed by atoms with E-state index in [0.717, 1.165) is 16.5 Å². The number of nitrogens with one attached hydrogen (secondary N) is 1. The van der Waals surface area contributed by atoms with Crippen molar-refractivity contribution in [3.8, 4) is 5.75 Å². The number of aromatic hydroxyl groups is 1. The zero-order valence-electron chi connectivity index (χ0n) is 14.4. The summed E-state index contributed by atoms with van der Waals surface area (Å²) in [4.78, 5) is 19.2. The third kappa shape index (κ3) is 3.13. The molecule has 0 fully saturated rings. The van der Waals surface area contributed by atoms with E-state index in [1.807, 2.05) is 26.0 Å². The second-order valence-corrected chi connectivity index (χ2v) is 6.39. The van der Waals surface area contributed by atoms with Gasteiger partial charge in [0.1, 0.15) is 11.4 Å². The minimum atomic E-state index is -1.01. The number of phenols is 1. The van der Waals surface area contributed by atoms with Crippen LogP contribution in [0.15, 0.2) is 36.7 Å². The van der Waals surface area contributed by atoms with E-state index in [2.05, 4.69) is 9.97 Å². The highest BCUT2D eigenvalue weighted by molar-refractivity contribution is 6.22. The van der Waals surface area contributed by atoms with Crippen LogP contribution in [0.2, 0.25) is 0 Å². The molecule has 2 aromatic heterocycles. The van der Waals surface area contributed by atoms with Crippen molar-refractivity contribution < 1.29 is 15.0 Å². The van der Waals surface area contributed by atoms with Gasteiger partial charge in [-0.15, -0.1) is 0 Å². The first-order valence-electron chi connectivity index (χ1n) is 8.09. The number of fused-ring (bicyclic) bond motifs is 1. The Labute approximate surface area is 145 Å². The van der Waals surface area contributed by atoms with E-state index in [1.54, 1.807) is 37.5 Å². The summed E-state index contributed by atoms with van der Waals surface area (Å²) >= 11 is 0. The van der Waals surface area contributed by atoms with Crippen LogP contribution in [-0.4, -0.2) is 26.2 Å². The largest absolute Gasteiger partial charge is 0.508 e. The van der Waals surface area contributed by atoms with Crippen LogP contribution < -0.4 is 0 Å². The minimum absolute atomic E-state index is 0.0895. The zero-order chi connectivity index (χ0) is 18.1. The van der Waals surface area contributed by atoms with Gasteiger partial charge in [0.2, 0.25) is 0 Å². The second-order valence-electron chi connectivity index (χ2n) is 6.39. The van der Waals surface area contributed by atoms with E-state index in [1.165, 1.54) is 0 Å². The molecule has 5 heteroatoms. The molecule has 128 valence electrons. The summed E-state index contributed by atoms with van der Waals surface area (Å²) in [6.45, 7) is 5.72. The Morgan fingerprint density at radius 2 is 2.08 bits per heavy atom. The van der Waals surface area contributed by atoms with Gasteiger partial charge in [0.25, 0.3) is 0 Å². The third-order valence-electron chi connectivity index (χ3n) is 4.30. The first-order valence-corrected chi connectivity index (χ1v) is 8.09. The summed E-state index contributed by atoms with van der Waals surface area (Å²) < 4.78 is 0. The molecule has 0 unspecified atom stereocenters. The van der Waals surface area contributed by atoms with Gasteiger partial charge in [0, 0.05) is 23.3 Å². The van der Waals surface area contributed by atoms with Gasteiger partial charge in [-0.05, 0) is 59.9 Å². The van der Waals surface area contributed by atoms with E-state index >= 15 is 0 Å². The van der Waals surface area contributed by atoms with Crippen molar-refractivity contribution in [1.29, 1.82) is 0 Å². The Balaban J connectivity index is 2.20. The molecule has 3 N–H and O–H groups in total. The number of phenolic OH excluding ortho intramolecular Hbond substituents is 1. The van der Waals surface area contributed by atoms with Crippen molar-refractivity contribution in [3.63, 3.8) is 0 Å². The number of aromatic nitrogens is 2. The molecule has 1 aromatic carbocycles. The smallest absolute Gasteiger partial charge is 0.336 e. The van der Waals surface area contributed by atoms with Gasteiger partial charge in [-0.2, -0.15) is 0 Å². The van der Waals surface area contributed by atoms with Crippen LogP contribution in [-0.2, 0) is 4.79 Å². The number of carbonyl (C=O) groups is 1. The van der Waals surface area contributed by atoms with Crippen LogP contribution in [0.1, 0.15) is 42.0 Å². The number of benzene rings is 1. The quantitative estimate of drug-likeness (QED) is 0.619. The highest BCUT2D eigenvalue weighted by Crippen LogP contribution is 2.33. The van der Waals surface area contributed by atoms with Crippen molar-refractivity contribution in [3.05, 3.63) is 58.9 Å². The maximum atomic E-state index is 11.9. The van der Waals surface area contributed by atoms with Crippen LogP contribution in [0.25, 0.3) is 22.7 Å². The first-order chi connectivity index (χ1) is 11.9. The fourth-order valence-electron chi connectivity index (χ4n) is 2.97. The van der Waals surface area contributed by atoms with Crippen molar-refractivity contribution in [1.82, 2.24) is 9.97 Å². The maximum Gasteiger partial charge on any atom is 0.336 e. The summed E-state index contributed by atoms with van der Waals surface area (Å²) in [5.74, 6) is -0.731. The maximum absolute atomic E-state index is 11.9. The monoisotopic (exact) mass is 336 g/mol. The average molecular weight is 336 g/mol. The molecule has 2 heterocycles. The van der Waals surface area contributed by atoms with Gasteiger partial charge in [0.15, 0.2) is 0 Å². The summed E-state index contributed by atoms with van der Waals surface area (Å²) in [5, 5.41) is 20.8. The average Bonchev–Trinajstić information content (AvgIpc) is 2.96. The molecule has 3 rings (SSSR count). The topological polar surface area (TPSA) is 86.2 Å². The molecule has 0 radical (unpaired) electrons. The van der Waals surface area contributed by atoms with Gasteiger partial charge in [-0.1, -0.05) is 13.8 Å². The Morgan fingerprint density at radius 3 is 2.76 bits per heavy atom. The molecule has 0 saturated heterocycles. The Kier molecular flexibility index (Phi) is 4.31. The molecule has 0 amide bonds. The highest BCUT2D eigenvalue weighted by Gasteiger charge is 2.18. The van der Waals surface area contributed by atoms with Gasteiger partial charge < -0.3 is 15.2 Å². The van der Waals surface area contributed by atoms with Crippen molar-refractivity contribution in [2.75, 3.05) is 0 Å². The number of carboxylic acids is 1. The van der Waals surface area contributed by atoms with Crippen LogP contribution in [0, 0.1) is 6.92 Å². The molecule has 0 bridgehead atoms. The van der Waals surface area contributed by atoms with E-state index in [4.69, 9.17) is 0 Å². The van der Waals surface area contributed by atoms with Gasteiger partial charge >= 0.3 is 5.97 Å². The normalized spacial score (nSPS) is 12.1. The van der Waals surface area contributed by atoms with E-state index < -0.39 is 5.97 Å². The lowest BCUT2D eigenvalue weighted by Crippen LogP contribution is -2.03. The number of hydrogen-bond donors (Lipinski definition) is 3. The molecule has 0 atom stereocenters. The summed E-state index contributed by atoms with van der Waals surface area (Å²) in [6, 6.07) is 7.10. The van der Waals surface area contributed by atoms with Crippen molar-refractivity contribution in [2.45, 2.75) is 26.7 Å². The van der Waals surface area contributed by atoms with Gasteiger partial charge in [-0.3, -0.25) is 0 Å². The molecule has 0 spiro atoms. The second kappa shape index (κ2) is 6.43. The minimum Gasteiger partial charge on any atom is -0.508 e. The van der Waals surface area contributed by atoms with E-state index in [0.29, 0.717) is 16.8 Å². The highest BCUT2D eigenvalue weighted by atomic mass is 16.4. The third-order valence-corrected chi connectivity index (χ3v) is 4.30. The number of hydrogen-bond acceptors (Lipinski definition) is 3. The Hall–Kier alpha value is -3.08. The number of pyridine rings is 1. The zero-order valence-corrected chi connectivity index (χ0v) is 14.4. The van der Waals surface area contributed by atoms with Crippen molar-refractivity contribution in [2.24, 2.45) is 0 Å². The summed E-state index contributed by atoms with van der Waals surface area (Å²) in [5.41, 5.74) is 3.71. The van der Waals surface area contributed by atoms with Crippen LogP contribution >= 0.6 is 0 Å². The Morgan fingerprint density at radius 1 is 1.32 bits per heavy atom. The van der Waals surface area contributed by atoms with Gasteiger partial charge in [0.05, 0.1) is 5.57 Å². The van der Waals surface area contributed by atoms with Gasteiger partial charge in [-0.25, -0.2) is 9.78 Å². The molecule has 25 heavy (non-hydrogen) atoms. The summed E-state index contributed by atoms with van der Waals surface area (Å²) in [6.07, 6.45) is 5.08. The van der Waals surface area contributed by atoms with E-state index in [-0.39, 0.29) is 17.2 Å². The standard InChI is InChI=1S/C20H20N2O3/c1-11(2)15-9-16(12(3)7-18(15)23)17(20(24)25)8-13-10-22-19-14(13)5-4-6-21-19/h4-11,23H,1-3H3,(H,21,22)(H,24,25). The van der Waals surface area contributed by atoms with Crippen molar-refractivity contribution >= 4 is 28.7 Å². The number of aromatic amines is 1. The molecule has 0 saturated carbocycles. The lowest BCUT2D eigenvalue weighted by atomic mass is 9.92. The lowest BCUT2D eigenvalue weighted by molar-refractivity contribution is -0.130. The fourth-order valence-corrected chi connectivity index (χ4v) is 2.97. The number of aryl methyl sites for hydroxylation is 1. The van der Waals surface area contributed by atoms with Crippen LogP contribution in [0.3, 0.4) is 0 Å². The number of nitrogens with zero attached hydrogens (tertiary/aromatic N) is 1. The molecular weight excluding hydrogens is 316 g/mol. The molecular formula is C20H20N2O3. The molecule has 0 aliphatic heterocycles. The number of rotatable bonds is 4. The summed E-state index contributed by atoms with van der Waals surface area (Å²) in [7, 11) is 0. The molecule has 5 nitrogen and oxygen atoms in total. The van der Waals surface area contributed by atoms with Crippen LogP contribution in [0.5, 0.6) is 5.75 Å². The first kappa shape index (κ1) is 16.8. The number of carboxylic acid groups (broad SMARTS) is 1.